The molecule has 0 aliphatic carbocycles. The number of sulfonamides is 1. The highest BCUT2D eigenvalue weighted by atomic mass is 79.9. The van der Waals surface area contributed by atoms with E-state index in [0.717, 1.165) is 16.4 Å². The van der Waals surface area contributed by atoms with Gasteiger partial charge >= 0.3 is 0 Å². The molecule has 21 heavy (non-hydrogen) atoms. The van der Waals surface area contributed by atoms with Gasteiger partial charge in [-0.1, -0.05) is 6.92 Å². The largest absolute Gasteiger partial charge is 0.398 e. The summed E-state index contributed by atoms with van der Waals surface area (Å²) in [5, 5.41) is 2.34. The lowest BCUT2D eigenvalue weighted by atomic mass is 10.3. The lowest BCUT2D eigenvalue weighted by Gasteiger charge is -2.21. The summed E-state index contributed by atoms with van der Waals surface area (Å²) in [6, 6.07) is 2.04. The number of nitrogen functional groups attached to an aromatic ring is 1. The maximum atomic E-state index is 14.0. The number of likely N-dealkylation sites (N-methyl/N-ethyl adjacent to an activating group) is 1. The molecule has 118 valence electrons. The first-order chi connectivity index (χ1) is 9.73. The van der Waals surface area contributed by atoms with E-state index in [1.54, 1.807) is 6.92 Å². The Morgan fingerprint density at radius 1 is 1.48 bits per heavy atom. The summed E-state index contributed by atoms with van der Waals surface area (Å²) < 4.78 is 40.1. The molecule has 1 aromatic rings. The molecule has 1 aromatic carbocycles. The van der Waals surface area contributed by atoms with Crippen LogP contribution in [0.15, 0.2) is 21.5 Å². The fourth-order valence-corrected chi connectivity index (χ4v) is 3.54. The molecule has 0 atom stereocenters. The second-order valence-corrected chi connectivity index (χ2v) is 7.08. The van der Waals surface area contributed by atoms with Crippen molar-refractivity contribution < 1.29 is 17.6 Å². The van der Waals surface area contributed by atoms with Crippen LogP contribution in [0.1, 0.15) is 13.3 Å². The number of nitrogens with two attached hydrogens (primary N) is 1. The predicted octanol–water partition coefficient (Wildman–Crippen LogP) is 1.32. The van der Waals surface area contributed by atoms with E-state index in [1.807, 2.05) is 0 Å². The van der Waals surface area contributed by atoms with Crippen LogP contribution >= 0.6 is 15.9 Å². The molecule has 0 bridgehead atoms. The second kappa shape index (κ2) is 7.19. The number of amides is 1. The van der Waals surface area contributed by atoms with Crippen LogP contribution in [0, 0.1) is 5.82 Å². The third-order valence-electron chi connectivity index (χ3n) is 2.74. The molecule has 0 unspecified atom stereocenters. The number of nitrogens with zero attached hydrogens (tertiary/aromatic N) is 1. The van der Waals surface area contributed by atoms with E-state index in [-0.39, 0.29) is 23.2 Å². The van der Waals surface area contributed by atoms with Crippen molar-refractivity contribution >= 4 is 37.5 Å². The Morgan fingerprint density at radius 3 is 2.62 bits per heavy atom. The number of carbonyl (C=O) groups excluding carboxylic acids is 1. The minimum Gasteiger partial charge on any atom is -0.398 e. The molecule has 0 aliphatic heterocycles. The summed E-state index contributed by atoms with van der Waals surface area (Å²) in [7, 11) is -2.74. The Balaban J connectivity index is 3.28. The van der Waals surface area contributed by atoms with Gasteiger partial charge in [-0.25, -0.2) is 12.8 Å². The van der Waals surface area contributed by atoms with Crippen molar-refractivity contribution in [3.8, 4) is 0 Å². The third kappa shape index (κ3) is 4.14. The maximum absolute atomic E-state index is 14.0. The van der Waals surface area contributed by atoms with Gasteiger partial charge in [0.1, 0.15) is 10.7 Å². The van der Waals surface area contributed by atoms with Crippen molar-refractivity contribution in [3.05, 3.63) is 22.4 Å². The number of anilines is 1. The summed E-state index contributed by atoms with van der Waals surface area (Å²) in [5.41, 5.74) is 5.72. The monoisotopic (exact) mass is 381 g/mol. The zero-order chi connectivity index (χ0) is 16.2. The van der Waals surface area contributed by atoms with Crippen LogP contribution in [0.2, 0.25) is 0 Å². The quantitative estimate of drug-likeness (QED) is 0.726. The van der Waals surface area contributed by atoms with Gasteiger partial charge in [-0.2, -0.15) is 4.31 Å². The highest BCUT2D eigenvalue weighted by Crippen LogP contribution is 2.28. The average molecular weight is 382 g/mol. The average Bonchev–Trinajstić information content (AvgIpc) is 2.41. The van der Waals surface area contributed by atoms with Crippen LogP contribution in [-0.4, -0.2) is 38.8 Å². The zero-order valence-corrected chi connectivity index (χ0v) is 14.1. The van der Waals surface area contributed by atoms with E-state index < -0.39 is 26.6 Å². The summed E-state index contributed by atoms with van der Waals surface area (Å²) in [4.78, 5) is 10.9. The lowest BCUT2D eigenvalue weighted by molar-refractivity contribution is -0.120. The molecule has 0 saturated heterocycles. The Bertz CT molecular complexity index is 637. The molecule has 0 saturated carbocycles. The molecule has 0 aromatic heterocycles. The van der Waals surface area contributed by atoms with E-state index in [9.17, 15) is 17.6 Å². The number of carbonyl (C=O) groups is 1. The summed E-state index contributed by atoms with van der Waals surface area (Å²) in [5.74, 6) is -1.40. The minimum atomic E-state index is -4.14. The molecule has 0 radical (unpaired) electrons. The molecular formula is C12H17BrFN3O3S. The topological polar surface area (TPSA) is 92.5 Å². The van der Waals surface area contributed by atoms with Crippen LogP contribution < -0.4 is 11.1 Å². The van der Waals surface area contributed by atoms with Crippen LogP contribution in [0.5, 0.6) is 0 Å². The molecule has 6 nitrogen and oxygen atoms in total. The van der Waals surface area contributed by atoms with Crippen LogP contribution in [0.25, 0.3) is 0 Å². The van der Waals surface area contributed by atoms with Gasteiger partial charge in [0.15, 0.2) is 0 Å². The van der Waals surface area contributed by atoms with E-state index in [2.05, 4.69) is 21.2 Å². The van der Waals surface area contributed by atoms with E-state index >= 15 is 0 Å². The first kappa shape index (κ1) is 17.9. The highest BCUT2D eigenvalue weighted by molar-refractivity contribution is 9.10. The Kier molecular flexibility index (Phi) is 6.11. The lowest BCUT2D eigenvalue weighted by Crippen LogP contribution is -2.40. The van der Waals surface area contributed by atoms with Gasteiger partial charge in [-0.15, -0.1) is 0 Å². The summed E-state index contributed by atoms with van der Waals surface area (Å²) >= 11 is 3.03. The molecule has 3 N–H and O–H groups in total. The summed E-state index contributed by atoms with van der Waals surface area (Å²) in [6.45, 7) is 1.49. The van der Waals surface area contributed by atoms with E-state index in [4.69, 9.17) is 5.73 Å². The van der Waals surface area contributed by atoms with E-state index in [1.165, 1.54) is 7.05 Å². The zero-order valence-electron chi connectivity index (χ0n) is 11.7. The van der Waals surface area contributed by atoms with Crippen molar-refractivity contribution in [2.75, 3.05) is 25.9 Å². The van der Waals surface area contributed by atoms with Crippen LogP contribution in [0.3, 0.4) is 0 Å². The fraction of sp³-hybridized carbons (Fsp3) is 0.417. The minimum absolute atomic E-state index is 0.102. The normalized spacial score (nSPS) is 11.7. The Hall–Kier alpha value is -1.19. The Morgan fingerprint density at radius 2 is 2.10 bits per heavy atom. The van der Waals surface area contributed by atoms with Gasteiger partial charge in [0.2, 0.25) is 15.9 Å². The van der Waals surface area contributed by atoms with Gasteiger partial charge in [0.25, 0.3) is 0 Å². The fourth-order valence-electron chi connectivity index (χ4n) is 1.65. The highest BCUT2D eigenvalue weighted by Gasteiger charge is 2.29. The molecule has 0 fully saturated rings. The van der Waals surface area contributed by atoms with Gasteiger partial charge in [0.05, 0.1) is 6.54 Å². The molecule has 0 heterocycles. The van der Waals surface area contributed by atoms with Crippen LogP contribution in [-0.2, 0) is 14.8 Å². The van der Waals surface area contributed by atoms with Crippen molar-refractivity contribution in [3.63, 3.8) is 0 Å². The standard InChI is InChI=1S/C12H17BrFN3O3S/c1-3-4-17(7-12(18)16-2)21(19,20)11-6-10(15)8(13)5-9(11)14/h5-6H,3-4,7,15H2,1-2H3,(H,16,18). The smallest absolute Gasteiger partial charge is 0.246 e. The molecular weight excluding hydrogens is 365 g/mol. The second-order valence-electron chi connectivity index (χ2n) is 4.32. The molecule has 1 rings (SSSR count). The van der Waals surface area contributed by atoms with Crippen molar-refractivity contribution in [2.24, 2.45) is 0 Å². The third-order valence-corrected chi connectivity index (χ3v) is 5.29. The van der Waals surface area contributed by atoms with Gasteiger partial charge in [0, 0.05) is 23.8 Å². The Labute approximate surface area is 131 Å². The SMILES string of the molecule is CCCN(CC(=O)NC)S(=O)(=O)c1cc(N)c(Br)cc1F. The molecule has 9 heteroatoms. The molecule has 0 spiro atoms. The van der Waals surface area contributed by atoms with Crippen molar-refractivity contribution in [1.29, 1.82) is 0 Å². The van der Waals surface area contributed by atoms with Crippen molar-refractivity contribution in [2.45, 2.75) is 18.2 Å². The number of halogens is 2. The van der Waals surface area contributed by atoms with Crippen LogP contribution in [0.4, 0.5) is 10.1 Å². The number of rotatable bonds is 6. The number of benzene rings is 1. The molecule has 0 aliphatic rings. The number of hydrogen-bond acceptors (Lipinski definition) is 4. The maximum Gasteiger partial charge on any atom is 0.246 e. The molecule has 1 amide bonds. The number of hydrogen-bond donors (Lipinski definition) is 2. The predicted molar refractivity (Wildman–Crippen MR) is 81.6 cm³/mol. The first-order valence-corrected chi connectivity index (χ1v) is 8.42. The van der Waals surface area contributed by atoms with Gasteiger partial charge in [-0.05, 0) is 34.5 Å². The number of nitrogens with one attached hydrogen (secondary N) is 1. The van der Waals surface area contributed by atoms with Gasteiger partial charge in [-0.3, -0.25) is 4.79 Å². The van der Waals surface area contributed by atoms with E-state index in [0.29, 0.717) is 6.42 Å². The van der Waals surface area contributed by atoms with Crippen molar-refractivity contribution in [1.82, 2.24) is 9.62 Å². The van der Waals surface area contributed by atoms with Gasteiger partial charge < -0.3 is 11.1 Å². The first-order valence-electron chi connectivity index (χ1n) is 6.19. The summed E-state index contributed by atoms with van der Waals surface area (Å²) in [6.07, 6.45) is 0.490.